The van der Waals surface area contributed by atoms with Crippen molar-refractivity contribution in [1.82, 2.24) is 24.7 Å². The number of aromatic amines is 1. The first-order chi connectivity index (χ1) is 10.1. The number of fused-ring (bicyclic) bond motifs is 1. The molecule has 0 bridgehead atoms. The highest BCUT2D eigenvalue weighted by molar-refractivity contribution is 7.89. The van der Waals surface area contributed by atoms with Crippen LogP contribution < -0.4 is 4.72 Å². The number of sulfonamides is 1. The summed E-state index contributed by atoms with van der Waals surface area (Å²) >= 11 is 0. The van der Waals surface area contributed by atoms with Crippen LogP contribution in [0.5, 0.6) is 0 Å². The van der Waals surface area contributed by atoms with E-state index >= 15 is 0 Å². The van der Waals surface area contributed by atoms with Gasteiger partial charge in [-0.3, -0.25) is 0 Å². The van der Waals surface area contributed by atoms with Gasteiger partial charge >= 0.3 is 0 Å². The third-order valence-electron chi connectivity index (χ3n) is 3.16. The minimum atomic E-state index is -3.63. The first-order valence-electron chi connectivity index (χ1n) is 6.24. The second-order valence-electron chi connectivity index (χ2n) is 4.42. The second-order valence-corrected chi connectivity index (χ2v) is 6.38. The highest BCUT2D eigenvalue weighted by atomic mass is 32.2. The molecule has 1 aromatic carbocycles. The van der Waals surface area contributed by atoms with Crippen molar-refractivity contribution in [3.63, 3.8) is 0 Å². The Balaban J connectivity index is 2.19. The molecule has 0 aliphatic rings. The van der Waals surface area contributed by atoms with Crippen LogP contribution in [0.15, 0.2) is 43.0 Å². The van der Waals surface area contributed by atoms with E-state index in [2.05, 4.69) is 24.7 Å². The van der Waals surface area contributed by atoms with Gasteiger partial charge < -0.3 is 4.98 Å². The van der Waals surface area contributed by atoms with E-state index in [9.17, 15) is 8.42 Å². The number of nitrogens with zero attached hydrogens (tertiary/aromatic N) is 3. The van der Waals surface area contributed by atoms with Crippen molar-refractivity contribution in [1.29, 1.82) is 0 Å². The summed E-state index contributed by atoms with van der Waals surface area (Å²) in [7, 11) is -2.25. The van der Waals surface area contributed by atoms with Crippen LogP contribution in [0.3, 0.4) is 0 Å². The fourth-order valence-electron chi connectivity index (χ4n) is 2.15. The zero-order valence-corrected chi connectivity index (χ0v) is 12.0. The van der Waals surface area contributed by atoms with E-state index in [0.717, 1.165) is 11.0 Å². The molecule has 2 aromatic heterocycles. The molecule has 1 atom stereocenters. The van der Waals surface area contributed by atoms with Gasteiger partial charge in [-0.15, -0.1) is 0 Å². The van der Waals surface area contributed by atoms with Crippen LogP contribution in [0.4, 0.5) is 0 Å². The van der Waals surface area contributed by atoms with Crippen molar-refractivity contribution in [2.45, 2.75) is 5.25 Å². The number of hydrogen-bond acceptors (Lipinski definition) is 5. The van der Waals surface area contributed by atoms with E-state index in [0.29, 0.717) is 5.56 Å². The lowest BCUT2D eigenvalue weighted by Gasteiger charge is -2.16. The smallest absolute Gasteiger partial charge is 0.225 e. The average Bonchev–Trinajstić information content (AvgIpc) is 2.96. The molecule has 3 rings (SSSR count). The molecule has 0 aliphatic carbocycles. The molecule has 2 heterocycles. The molecule has 0 saturated heterocycles. The lowest BCUT2D eigenvalue weighted by molar-refractivity contribution is 0.578. The molecule has 8 heteroatoms. The molecule has 0 amide bonds. The maximum absolute atomic E-state index is 12.4. The predicted molar refractivity (Wildman–Crippen MR) is 77.9 cm³/mol. The number of hydrogen-bond donors (Lipinski definition) is 2. The summed E-state index contributed by atoms with van der Waals surface area (Å²) in [6, 6.07) is 6.88. The fourth-order valence-corrected chi connectivity index (χ4v) is 3.29. The quantitative estimate of drug-likeness (QED) is 0.748. The molecular formula is C13H13N5O2S. The molecule has 0 spiro atoms. The Morgan fingerprint density at radius 2 is 1.95 bits per heavy atom. The maximum Gasteiger partial charge on any atom is 0.225 e. The van der Waals surface area contributed by atoms with E-state index in [1.165, 1.54) is 19.4 Å². The molecule has 2 N–H and O–H groups in total. The normalized spacial score (nSPS) is 13.4. The van der Waals surface area contributed by atoms with E-state index < -0.39 is 15.3 Å². The maximum atomic E-state index is 12.4. The second kappa shape index (κ2) is 5.23. The van der Waals surface area contributed by atoms with Crippen molar-refractivity contribution >= 4 is 21.1 Å². The Kier molecular flexibility index (Phi) is 3.40. The van der Waals surface area contributed by atoms with Crippen molar-refractivity contribution in [3.8, 4) is 0 Å². The van der Waals surface area contributed by atoms with E-state index in [1.807, 2.05) is 0 Å². The largest absolute Gasteiger partial charge is 0.345 e. The van der Waals surface area contributed by atoms with Crippen LogP contribution in [0.25, 0.3) is 11.0 Å². The molecule has 7 nitrogen and oxygen atoms in total. The standard InChI is InChI=1S/C13H13N5O2S/c1-14-21(19,20)12(13-15-5-2-6-16-13)9-3-4-10-11(7-9)18-8-17-10/h2-8,12,14H,1H3,(H,17,18). The third-order valence-corrected chi connectivity index (χ3v) is 4.83. The molecule has 0 aliphatic heterocycles. The minimum absolute atomic E-state index is 0.228. The van der Waals surface area contributed by atoms with Gasteiger partial charge in [-0.2, -0.15) is 0 Å². The zero-order chi connectivity index (χ0) is 14.9. The summed E-state index contributed by atoms with van der Waals surface area (Å²) in [5, 5.41) is -0.976. The summed E-state index contributed by atoms with van der Waals surface area (Å²) in [6.07, 6.45) is 4.61. The van der Waals surface area contributed by atoms with Gasteiger partial charge in [0.2, 0.25) is 10.0 Å². The lowest BCUT2D eigenvalue weighted by atomic mass is 10.1. The van der Waals surface area contributed by atoms with E-state index in [1.54, 1.807) is 30.6 Å². The van der Waals surface area contributed by atoms with Gasteiger partial charge in [0, 0.05) is 12.4 Å². The van der Waals surface area contributed by atoms with E-state index in [-0.39, 0.29) is 5.82 Å². The van der Waals surface area contributed by atoms with Gasteiger partial charge in [0.15, 0.2) is 11.1 Å². The van der Waals surface area contributed by atoms with Crippen LogP contribution in [-0.2, 0) is 10.0 Å². The number of aromatic nitrogens is 4. The minimum Gasteiger partial charge on any atom is -0.345 e. The predicted octanol–water partition coefficient (Wildman–Crippen LogP) is 0.992. The highest BCUT2D eigenvalue weighted by Crippen LogP contribution is 2.28. The topological polar surface area (TPSA) is 101 Å². The van der Waals surface area contributed by atoms with Gasteiger partial charge in [-0.1, -0.05) is 6.07 Å². The van der Waals surface area contributed by atoms with Crippen molar-refractivity contribution in [2.24, 2.45) is 0 Å². The van der Waals surface area contributed by atoms with Crippen LogP contribution in [-0.4, -0.2) is 35.4 Å². The third kappa shape index (κ3) is 2.50. The molecule has 1 unspecified atom stereocenters. The molecule has 0 saturated carbocycles. The van der Waals surface area contributed by atoms with Crippen molar-refractivity contribution in [3.05, 3.63) is 54.4 Å². The van der Waals surface area contributed by atoms with Crippen LogP contribution in [0, 0.1) is 0 Å². The Morgan fingerprint density at radius 3 is 2.67 bits per heavy atom. The van der Waals surface area contributed by atoms with Gasteiger partial charge in [-0.05, 0) is 30.8 Å². The summed E-state index contributed by atoms with van der Waals surface area (Å²) < 4.78 is 27.1. The fraction of sp³-hybridized carbons (Fsp3) is 0.154. The summed E-state index contributed by atoms with van der Waals surface area (Å²) in [6.45, 7) is 0. The number of rotatable bonds is 4. The molecule has 3 aromatic rings. The first-order valence-corrected chi connectivity index (χ1v) is 7.79. The SMILES string of the molecule is CNS(=O)(=O)C(c1ccc2nc[nH]c2c1)c1ncccn1. The van der Waals surface area contributed by atoms with Crippen molar-refractivity contribution < 1.29 is 8.42 Å². The number of benzene rings is 1. The van der Waals surface area contributed by atoms with Crippen LogP contribution in [0.1, 0.15) is 16.6 Å². The van der Waals surface area contributed by atoms with Crippen molar-refractivity contribution in [2.75, 3.05) is 7.05 Å². The highest BCUT2D eigenvalue weighted by Gasteiger charge is 2.30. The molecular weight excluding hydrogens is 290 g/mol. The average molecular weight is 303 g/mol. The van der Waals surface area contributed by atoms with E-state index in [4.69, 9.17) is 0 Å². The summed E-state index contributed by atoms with van der Waals surface area (Å²) in [5.74, 6) is 0.228. The molecule has 21 heavy (non-hydrogen) atoms. The Labute approximate surface area is 121 Å². The monoisotopic (exact) mass is 303 g/mol. The van der Waals surface area contributed by atoms with Crippen LogP contribution >= 0.6 is 0 Å². The molecule has 0 radical (unpaired) electrons. The Hall–Kier alpha value is -2.32. The Morgan fingerprint density at radius 1 is 1.19 bits per heavy atom. The first kappa shape index (κ1) is 13.7. The van der Waals surface area contributed by atoms with Gasteiger partial charge in [0.1, 0.15) is 0 Å². The van der Waals surface area contributed by atoms with Gasteiger partial charge in [0.05, 0.1) is 17.4 Å². The number of H-pyrrole nitrogens is 1. The van der Waals surface area contributed by atoms with Crippen LogP contribution in [0.2, 0.25) is 0 Å². The summed E-state index contributed by atoms with van der Waals surface area (Å²) in [5.41, 5.74) is 2.11. The number of imidazole rings is 1. The molecule has 0 fully saturated rings. The van der Waals surface area contributed by atoms with Gasteiger partial charge in [0.25, 0.3) is 0 Å². The molecule has 108 valence electrons. The lowest BCUT2D eigenvalue weighted by Crippen LogP contribution is -2.28. The summed E-state index contributed by atoms with van der Waals surface area (Å²) in [4.78, 5) is 15.3. The van der Waals surface area contributed by atoms with Gasteiger partial charge in [-0.25, -0.2) is 28.1 Å². The zero-order valence-electron chi connectivity index (χ0n) is 11.2. The number of nitrogens with one attached hydrogen (secondary N) is 2. The Bertz CT molecular complexity index is 860.